The van der Waals surface area contributed by atoms with E-state index >= 15 is 0 Å². The van der Waals surface area contributed by atoms with E-state index in [2.05, 4.69) is 0 Å². The zero-order chi connectivity index (χ0) is 16.7. The minimum atomic E-state index is -1.13. The van der Waals surface area contributed by atoms with Gasteiger partial charge >= 0.3 is 11.7 Å². The lowest BCUT2D eigenvalue weighted by atomic mass is 10.2. The van der Waals surface area contributed by atoms with Gasteiger partial charge in [0.15, 0.2) is 0 Å². The molecule has 118 valence electrons. The molecule has 3 aromatic rings. The molecule has 3 rings (SSSR count). The van der Waals surface area contributed by atoms with Crippen LogP contribution in [0.1, 0.15) is 20.8 Å². The number of halogens is 1. The van der Waals surface area contributed by atoms with Crippen LogP contribution in [0.3, 0.4) is 0 Å². The summed E-state index contributed by atoms with van der Waals surface area (Å²) in [4.78, 5) is 36.4. The van der Waals surface area contributed by atoms with Crippen LogP contribution >= 0.6 is 22.9 Å². The lowest BCUT2D eigenvalue weighted by molar-refractivity contribution is 0.0701. The molecule has 2 heterocycles. The van der Waals surface area contributed by atoms with Gasteiger partial charge in [-0.1, -0.05) is 23.7 Å². The number of aromatic carboxylic acids is 1. The number of carbonyl (C=O) groups is 1. The van der Waals surface area contributed by atoms with E-state index in [0.29, 0.717) is 15.4 Å². The molecule has 0 spiro atoms. The number of carboxylic acid groups (broad SMARTS) is 1. The van der Waals surface area contributed by atoms with Crippen LogP contribution in [0, 0.1) is 6.92 Å². The maximum absolute atomic E-state index is 12.5. The third kappa shape index (κ3) is 2.69. The fourth-order valence-electron chi connectivity index (χ4n) is 2.28. The molecule has 0 radical (unpaired) electrons. The normalized spacial score (nSPS) is 11.0. The van der Waals surface area contributed by atoms with Crippen LogP contribution in [-0.2, 0) is 6.54 Å². The molecule has 0 aliphatic rings. The lowest BCUT2D eigenvalue weighted by Crippen LogP contribution is -2.38. The summed E-state index contributed by atoms with van der Waals surface area (Å²) < 4.78 is 2.30. The highest BCUT2D eigenvalue weighted by molar-refractivity contribution is 7.19. The number of rotatable bonds is 3. The summed E-state index contributed by atoms with van der Waals surface area (Å²) in [7, 11) is 0. The van der Waals surface area contributed by atoms with Crippen molar-refractivity contribution in [2.24, 2.45) is 0 Å². The summed E-state index contributed by atoms with van der Waals surface area (Å²) in [6.07, 6.45) is 1.25. The zero-order valence-electron chi connectivity index (χ0n) is 11.9. The monoisotopic (exact) mass is 350 g/mol. The Morgan fingerprint density at radius 3 is 2.52 bits per heavy atom. The largest absolute Gasteiger partial charge is 0.477 e. The number of aromatic nitrogens is 2. The third-order valence-electron chi connectivity index (χ3n) is 3.46. The Bertz CT molecular complexity index is 1030. The number of aryl methyl sites for hydroxylation is 1. The molecule has 0 amide bonds. The smallest absolute Gasteiger partial charge is 0.347 e. The van der Waals surface area contributed by atoms with Gasteiger partial charge in [-0.15, -0.1) is 11.3 Å². The van der Waals surface area contributed by atoms with Crippen molar-refractivity contribution in [3.63, 3.8) is 0 Å². The van der Waals surface area contributed by atoms with Crippen LogP contribution in [0.25, 0.3) is 4.83 Å². The van der Waals surface area contributed by atoms with E-state index in [1.165, 1.54) is 10.6 Å². The minimum absolute atomic E-state index is 0.00819. The Hall–Kier alpha value is -2.38. The number of thiazole rings is 1. The number of nitrogens with zero attached hydrogens (tertiary/aromatic N) is 2. The number of hydrogen-bond donors (Lipinski definition) is 1. The summed E-state index contributed by atoms with van der Waals surface area (Å²) in [5.41, 5.74) is 0.107. The highest BCUT2D eigenvalue weighted by atomic mass is 35.5. The van der Waals surface area contributed by atoms with Crippen molar-refractivity contribution in [1.82, 2.24) is 8.97 Å². The molecule has 2 aromatic heterocycles. The van der Waals surface area contributed by atoms with Crippen LogP contribution in [0.15, 0.2) is 40.1 Å². The van der Waals surface area contributed by atoms with Crippen LogP contribution < -0.4 is 11.2 Å². The molecule has 0 fully saturated rings. The van der Waals surface area contributed by atoms with Gasteiger partial charge in [-0.2, -0.15) is 0 Å². The van der Waals surface area contributed by atoms with Gasteiger partial charge in [0.05, 0.1) is 6.54 Å². The second kappa shape index (κ2) is 5.68. The molecule has 1 aromatic carbocycles. The van der Waals surface area contributed by atoms with Crippen molar-refractivity contribution >= 4 is 33.7 Å². The van der Waals surface area contributed by atoms with Crippen molar-refractivity contribution in [3.05, 3.63) is 72.3 Å². The molecule has 23 heavy (non-hydrogen) atoms. The molecular formula is C15H11ClN2O4S. The Labute approximate surface area is 138 Å². The van der Waals surface area contributed by atoms with Crippen molar-refractivity contribution in [2.45, 2.75) is 13.5 Å². The van der Waals surface area contributed by atoms with Crippen LogP contribution in [-0.4, -0.2) is 20.0 Å². The van der Waals surface area contributed by atoms with Gasteiger partial charge in [0, 0.05) is 16.8 Å². The summed E-state index contributed by atoms with van der Waals surface area (Å²) in [6.45, 7) is 1.68. The summed E-state index contributed by atoms with van der Waals surface area (Å²) >= 11 is 6.73. The molecule has 1 N–H and O–H groups in total. The first kappa shape index (κ1) is 15.5. The van der Waals surface area contributed by atoms with E-state index in [4.69, 9.17) is 16.7 Å². The van der Waals surface area contributed by atoms with Crippen molar-refractivity contribution < 1.29 is 9.90 Å². The maximum Gasteiger partial charge on any atom is 0.347 e. The fraction of sp³-hybridized carbons (Fsp3) is 0.133. The molecule has 0 bridgehead atoms. The quantitative estimate of drug-likeness (QED) is 0.785. The molecular weight excluding hydrogens is 340 g/mol. The average Bonchev–Trinajstić information content (AvgIpc) is 2.97. The lowest BCUT2D eigenvalue weighted by Gasteiger charge is -2.07. The van der Waals surface area contributed by atoms with E-state index < -0.39 is 17.2 Å². The molecule has 6 nitrogen and oxygen atoms in total. The molecule has 0 aliphatic carbocycles. The van der Waals surface area contributed by atoms with E-state index in [-0.39, 0.29) is 11.4 Å². The van der Waals surface area contributed by atoms with Crippen molar-refractivity contribution in [1.29, 1.82) is 0 Å². The Morgan fingerprint density at radius 2 is 1.91 bits per heavy atom. The van der Waals surface area contributed by atoms with Gasteiger partial charge in [-0.05, 0) is 24.6 Å². The van der Waals surface area contributed by atoms with Crippen LogP contribution in [0.4, 0.5) is 0 Å². The predicted octanol–water partition coefficient (Wildman–Crippen LogP) is 2.23. The average molecular weight is 351 g/mol. The molecule has 0 atom stereocenters. The number of carboxylic acids is 1. The first-order valence-electron chi connectivity index (χ1n) is 6.62. The molecule has 0 unspecified atom stereocenters. The summed E-state index contributed by atoms with van der Waals surface area (Å²) in [5.74, 6) is -1.13. The van der Waals surface area contributed by atoms with E-state index in [1.54, 1.807) is 31.2 Å². The van der Waals surface area contributed by atoms with Crippen molar-refractivity contribution in [2.75, 3.05) is 0 Å². The Morgan fingerprint density at radius 1 is 1.26 bits per heavy atom. The molecule has 0 saturated heterocycles. The number of benzene rings is 1. The maximum atomic E-state index is 12.5. The van der Waals surface area contributed by atoms with E-state index in [1.807, 2.05) is 0 Å². The highest BCUT2D eigenvalue weighted by Crippen LogP contribution is 2.18. The minimum Gasteiger partial charge on any atom is -0.477 e. The van der Waals surface area contributed by atoms with Gasteiger partial charge in [-0.3, -0.25) is 13.8 Å². The second-order valence-electron chi connectivity index (χ2n) is 5.00. The SMILES string of the molecule is Cc1c(=O)n(Cc2ccc(Cl)cc2)c(=O)n2cc(C(=O)O)sc12. The Balaban J connectivity index is 2.21. The topological polar surface area (TPSA) is 80.8 Å². The van der Waals surface area contributed by atoms with Crippen LogP contribution in [0.2, 0.25) is 5.02 Å². The highest BCUT2D eigenvalue weighted by Gasteiger charge is 2.17. The second-order valence-corrected chi connectivity index (χ2v) is 6.47. The predicted molar refractivity (Wildman–Crippen MR) is 88.1 cm³/mol. The van der Waals surface area contributed by atoms with E-state index in [9.17, 15) is 14.4 Å². The van der Waals surface area contributed by atoms with Gasteiger partial charge in [-0.25, -0.2) is 9.59 Å². The van der Waals surface area contributed by atoms with Gasteiger partial charge in [0.1, 0.15) is 9.71 Å². The van der Waals surface area contributed by atoms with Gasteiger partial charge < -0.3 is 5.11 Å². The summed E-state index contributed by atoms with van der Waals surface area (Å²) in [6, 6.07) is 6.82. The third-order valence-corrected chi connectivity index (χ3v) is 4.91. The molecule has 0 saturated carbocycles. The number of fused-ring (bicyclic) bond motifs is 1. The fourth-order valence-corrected chi connectivity index (χ4v) is 3.33. The van der Waals surface area contributed by atoms with Gasteiger partial charge in [0.2, 0.25) is 0 Å². The standard InChI is InChI=1S/C15H11ClN2O4S/c1-8-12(19)17(6-9-2-4-10(16)5-3-9)15(22)18-7-11(14(20)21)23-13(8)18/h2-5,7H,6H2,1H3,(H,20,21). The Kier molecular flexibility index (Phi) is 3.83. The molecule has 0 aliphatic heterocycles. The van der Waals surface area contributed by atoms with Crippen molar-refractivity contribution in [3.8, 4) is 0 Å². The molecule has 8 heteroatoms. The first-order valence-corrected chi connectivity index (χ1v) is 7.81. The zero-order valence-corrected chi connectivity index (χ0v) is 13.5. The summed E-state index contributed by atoms with van der Waals surface area (Å²) in [5, 5.41) is 9.63. The first-order chi connectivity index (χ1) is 10.9. The van der Waals surface area contributed by atoms with E-state index in [0.717, 1.165) is 21.5 Å². The number of hydrogen-bond acceptors (Lipinski definition) is 4. The van der Waals surface area contributed by atoms with Crippen LogP contribution in [0.5, 0.6) is 0 Å². The van der Waals surface area contributed by atoms with Gasteiger partial charge in [0.25, 0.3) is 5.56 Å².